The van der Waals surface area contributed by atoms with Crippen LogP contribution in [0.25, 0.3) is 11.4 Å². The number of carbonyl (C=O) groups excluding carboxylic acids is 1. The smallest absolute Gasteiger partial charge is 0.246 e. The molecule has 0 unspecified atom stereocenters. The van der Waals surface area contributed by atoms with Crippen molar-refractivity contribution in [3.8, 4) is 11.4 Å². The summed E-state index contributed by atoms with van der Waals surface area (Å²) in [6.45, 7) is 5.68. The molecule has 1 aromatic carbocycles. The van der Waals surface area contributed by atoms with Crippen LogP contribution in [0.3, 0.4) is 0 Å². The van der Waals surface area contributed by atoms with Gasteiger partial charge < -0.3 is 10.3 Å². The predicted molar refractivity (Wildman–Crippen MR) is 70.7 cm³/mol. The van der Waals surface area contributed by atoms with E-state index in [1.54, 1.807) is 13.1 Å². The minimum Gasteiger partial charge on any atom is -0.347 e. The SMILES string of the molecule is C=C(C)C(=O)NCc1cnc(-c2ccccc2)[nH]1. The maximum atomic E-state index is 11.3. The van der Waals surface area contributed by atoms with Crippen molar-refractivity contribution in [2.75, 3.05) is 0 Å². The van der Waals surface area contributed by atoms with Gasteiger partial charge in [0.15, 0.2) is 0 Å². The topological polar surface area (TPSA) is 57.8 Å². The minimum atomic E-state index is -0.147. The second-order valence-corrected chi connectivity index (χ2v) is 4.09. The second-order valence-electron chi connectivity index (χ2n) is 4.09. The molecule has 0 aliphatic rings. The fraction of sp³-hybridized carbons (Fsp3) is 0.143. The number of H-pyrrole nitrogens is 1. The van der Waals surface area contributed by atoms with E-state index in [0.29, 0.717) is 12.1 Å². The minimum absolute atomic E-state index is 0.147. The van der Waals surface area contributed by atoms with E-state index < -0.39 is 0 Å². The standard InChI is InChI=1S/C14H15N3O/c1-10(2)14(18)16-9-12-8-15-13(17-12)11-6-4-3-5-7-11/h3-8H,1,9H2,2H3,(H,15,17)(H,16,18). The van der Waals surface area contributed by atoms with Crippen LogP contribution in [0.5, 0.6) is 0 Å². The summed E-state index contributed by atoms with van der Waals surface area (Å²) in [5.74, 6) is 0.654. The van der Waals surface area contributed by atoms with Crippen molar-refractivity contribution in [1.82, 2.24) is 15.3 Å². The second kappa shape index (κ2) is 5.31. The van der Waals surface area contributed by atoms with E-state index in [1.807, 2.05) is 30.3 Å². The Morgan fingerprint density at radius 3 is 2.78 bits per heavy atom. The van der Waals surface area contributed by atoms with E-state index in [4.69, 9.17) is 0 Å². The van der Waals surface area contributed by atoms with E-state index in [2.05, 4.69) is 21.9 Å². The number of rotatable bonds is 4. The van der Waals surface area contributed by atoms with Gasteiger partial charge in [-0.15, -0.1) is 0 Å². The van der Waals surface area contributed by atoms with E-state index in [-0.39, 0.29) is 5.91 Å². The Labute approximate surface area is 106 Å². The van der Waals surface area contributed by atoms with Crippen LogP contribution in [0.15, 0.2) is 48.7 Å². The van der Waals surface area contributed by atoms with Gasteiger partial charge in [0.25, 0.3) is 0 Å². The van der Waals surface area contributed by atoms with Gasteiger partial charge in [-0.3, -0.25) is 4.79 Å². The van der Waals surface area contributed by atoms with Crippen molar-refractivity contribution in [2.45, 2.75) is 13.5 Å². The van der Waals surface area contributed by atoms with Crippen molar-refractivity contribution in [3.05, 3.63) is 54.4 Å². The first-order chi connectivity index (χ1) is 8.66. The van der Waals surface area contributed by atoms with Gasteiger partial charge >= 0.3 is 0 Å². The van der Waals surface area contributed by atoms with Gasteiger partial charge in [0.05, 0.1) is 18.4 Å². The number of carbonyl (C=O) groups is 1. The number of amides is 1. The Morgan fingerprint density at radius 2 is 2.11 bits per heavy atom. The highest BCUT2D eigenvalue weighted by Gasteiger charge is 2.05. The summed E-state index contributed by atoms with van der Waals surface area (Å²) >= 11 is 0. The molecule has 0 bridgehead atoms. The third-order valence-electron chi connectivity index (χ3n) is 2.50. The number of benzene rings is 1. The van der Waals surface area contributed by atoms with Crippen molar-refractivity contribution >= 4 is 5.91 Å². The molecule has 4 heteroatoms. The molecule has 18 heavy (non-hydrogen) atoms. The van der Waals surface area contributed by atoms with Gasteiger partial charge in [-0.1, -0.05) is 36.9 Å². The maximum absolute atomic E-state index is 11.3. The Bertz CT molecular complexity index is 557. The number of nitrogens with one attached hydrogen (secondary N) is 2. The molecule has 2 N–H and O–H groups in total. The monoisotopic (exact) mass is 241 g/mol. The highest BCUT2D eigenvalue weighted by Crippen LogP contribution is 2.14. The lowest BCUT2D eigenvalue weighted by atomic mass is 10.2. The molecule has 0 fully saturated rings. The van der Waals surface area contributed by atoms with E-state index in [0.717, 1.165) is 17.1 Å². The molecule has 1 amide bonds. The molecule has 92 valence electrons. The lowest BCUT2D eigenvalue weighted by molar-refractivity contribution is -0.117. The summed E-state index contributed by atoms with van der Waals surface area (Å²) < 4.78 is 0. The number of imidazole rings is 1. The maximum Gasteiger partial charge on any atom is 0.246 e. The zero-order chi connectivity index (χ0) is 13.0. The van der Waals surface area contributed by atoms with Crippen molar-refractivity contribution in [2.24, 2.45) is 0 Å². The molecule has 2 rings (SSSR count). The van der Waals surface area contributed by atoms with E-state index >= 15 is 0 Å². The molecule has 1 heterocycles. The van der Waals surface area contributed by atoms with Crippen molar-refractivity contribution in [1.29, 1.82) is 0 Å². The van der Waals surface area contributed by atoms with E-state index in [9.17, 15) is 4.79 Å². The van der Waals surface area contributed by atoms with Crippen LogP contribution in [-0.2, 0) is 11.3 Å². The Hall–Kier alpha value is -2.36. The molecule has 1 aromatic heterocycles. The molecule has 0 saturated heterocycles. The highest BCUT2D eigenvalue weighted by atomic mass is 16.1. The lowest BCUT2D eigenvalue weighted by Crippen LogP contribution is -2.23. The van der Waals surface area contributed by atoms with Gasteiger partial charge in [0.1, 0.15) is 5.82 Å². The van der Waals surface area contributed by atoms with Gasteiger partial charge in [-0.25, -0.2) is 4.98 Å². The molecule has 0 radical (unpaired) electrons. The fourth-order valence-electron chi connectivity index (χ4n) is 1.52. The molecule has 0 spiro atoms. The largest absolute Gasteiger partial charge is 0.347 e. The van der Waals surface area contributed by atoms with Crippen LogP contribution in [0, 0.1) is 0 Å². The van der Waals surface area contributed by atoms with Gasteiger partial charge in [0, 0.05) is 11.1 Å². The zero-order valence-corrected chi connectivity index (χ0v) is 10.2. The van der Waals surface area contributed by atoms with Crippen LogP contribution < -0.4 is 5.32 Å². The summed E-state index contributed by atoms with van der Waals surface area (Å²) in [5, 5.41) is 2.75. The molecule has 0 saturated carbocycles. The summed E-state index contributed by atoms with van der Waals surface area (Å²) in [4.78, 5) is 18.8. The average molecular weight is 241 g/mol. The molecule has 0 aliphatic heterocycles. The van der Waals surface area contributed by atoms with Gasteiger partial charge in [-0.05, 0) is 6.92 Å². The van der Waals surface area contributed by atoms with Crippen molar-refractivity contribution < 1.29 is 4.79 Å². The molecule has 0 aliphatic carbocycles. The van der Waals surface area contributed by atoms with Gasteiger partial charge in [0.2, 0.25) is 5.91 Å². The number of nitrogens with zero attached hydrogens (tertiary/aromatic N) is 1. The van der Waals surface area contributed by atoms with Gasteiger partial charge in [-0.2, -0.15) is 0 Å². The third-order valence-corrected chi connectivity index (χ3v) is 2.50. The molecular formula is C14H15N3O. The highest BCUT2D eigenvalue weighted by molar-refractivity contribution is 5.91. The summed E-state index contributed by atoms with van der Waals surface area (Å²) in [5.41, 5.74) is 2.39. The summed E-state index contributed by atoms with van der Waals surface area (Å²) in [6.07, 6.45) is 1.72. The number of hydrogen-bond donors (Lipinski definition) is 2. The molecule has 4 nitrogen and oxygen atoms in total. The normalized spacial score (nSPS) is 10.1. The predicted octanol–water partition coefficient (Wildman–Crippen LogP) is 2.27. The first kappa shape index (κ1) is 12.1. The van der Waals surface area contributed by atoms with E-state index in [1.165, 1.54) is 0 Å². The first-order valence-electron chi connectivity index (χ1n) is 5.70. The zero-order valence-electron chi connectivity index (χ0n) is 10.2. The van der Waals surface area contributed by atoms with Crippen molar-refractivity contribution in [3.63, 3.8) is 0 Å². The Balaban J connectivity index is 2.03. The Kier molecular flexibility index (Phi) is 3.57. The molecule has 2 aromatic rings. The van der Waals surface area contributed by atoms with Crippen LogP contribution in [0.4, 0.5) is 0 Å². The average Bonchev–Trinajstić information content (AvgIpc) is 2.85. The quantitative estimate of drug-likeness (QED) is 0.807. The fourth-order valence-corrected chi connectivity index (χ4v) is 1.52. The van der Waals surface area contributed by atoms with Crippen LogP contribution in [-0.4, -0.2) is 15.9 Å². The van der Waals surface area contributed by atoms with Crippen LogP contribution >= 0.6 is 0 Å². The lowest BCUT2D eigenvalue weighted by Gasteiger charge is -2.02. The number of aromatic amines is 1. The Morgan fingerprint density at radius 1 is 1.39 bits per heavy atom. The summed E-state index contributed by atoms with van der Waals surface area (Å²) in [6, 6.07) is 9.84. The molecular weight excluding hydrogens is 226 g/mol. The number of aromatic nitrogens is 2. The number of hydrogen-bond acceptors (Lipinski definition) is 2. The van der Waals surface area contributed by atoms with Crippen LogP contribution in [0.2, 0.25) is 0 Å². The van der Waals surface area contributed by atoms with Crippen LogP contribution in [0.1, 0.15) is 12.6 Å². The third kappa shape index (κ3) is 2.85. The summed E-state index contributed by atoms with van der Waals surface area (Å²) in [7, 11) is 0. The molecule has 0 atom stereocenters. The first-order valence-corrected chi connectivity index (χ1v) is 5.70.